The van der Waals surface area contributed by atoms with Gasteiger partial charge in [-0.05, 0) is 41.7 Å². The van der Waals surface area contributed by atoms with Gasteiger partial charge >= 0.3 is 0 Å². The molecule has 1 amide bonds. The van der Waals surface area contributed by atoms with E-state index in [2.05, 4.69) is 4.99 Å². The van der Waals surface area contributed by atoms with Crippen LogP contribution in [0.2, 0.25) is 0 Å². The third kappa shape index (κ3) is 6.39. The second-order valence-electron chi connectivity index (χ2n) is 8.36. The lowest BCUT2D eigenvalue weighted by Crippen LogP contribution is -2.35. The SMILES string of the molecule is CCCN(CCCO)C(=O)C1=Cc2ccc(-c3ccc(CC(=O)CC)cc3)cc2N=C(N)C1. The number of ketones is 1. The van der Waals surface area contributed by atoms with Crippen LogP contribution in [0, 0.1) is 0 Å². The van der Waals surface area contributed by atoms with Crippen molar-refractivity contribution in [3.63, 3.8) is 0 Å². The van der Waals surface area contributed by atoms with Gasteiger partial charge in [0.2, 0.25) is 5.91 Å². The Morgan fingerprint density at radius 1 is 1.06 bits per heavy atom. The van der Waals surface area contributed by atoms with E-state index in [1.54, 1.807) is 4.90 Å². The number of hydrogen-bond acceptors (Lipinski definition) is 5. The van der Waals surface area contributed by atoms with Gasteiger partial charge in [-0.25, -0.2) is 4.99 Å². The highest BCUT2D eigenvalue weighted by molar-refractivity contribution is 6.05. The third-order valence-electron chi connectivity index (χ3n) is 5.72. The standard InChI is InChI=1S/C27H33N3O3/c1-3-12-30(13-5-14-31)27(33)23-16-22-11-10-21(17-25(22)29-26(28)18-23)20-8-6-19(7-9-20)15-24(32)4-2/h6-11,16-17,31H,3-5,12-15,18H2,1-2H3,(H2,28,29). The number of hydrogen-bond donors (Lipinski definition) is 2. The Kier molecular flexibility index (Phi) is 8.55. The summed E-state index contributed by atoms with van der Waals surface area (Å²) in [4.78, 5) is 31.2. The second kappa shape index (κ2) is 11.6. The molecule has 33 heavy (non-hydrogen) atoms. The molecule has 0 bridgehead atoms. The van der Waals surface area contributed by atoms with Crippen molar-refractivity contribution in [1.29, 1.82) is 0 Å². The van der Waals surface area contributed by atoms with Crippen LogP contribution in [0.3, 0.4) is 0 Å². The summed E-state index contributed by atoms with van der Waals surface area (Å²) in [7, 11) is 0. The summed E-state index contributed by atoms with van der Waals surface area (Å²) in [5.41, 5.74) is 11.4. The molecular weight excluding hydrogens is 414 g/mol. The van der Waals surface area contributed by atoms with E-state index in [0.717, 1.165) is 34.4 Å². The number of aliphatic hydroxyl groups excluding tert-OH is 1. The van der Waals surface area contributed by atoms with E-state index in [-0.39, 0.29) is 18.3 Å². The first-order valence-corrected chi connectivity index (χ1v) is 11.6. The Morgan fingerprint density at radius 2 is 1.79 bits per heavy atom. The molecule has 0 unspecified atom stereocenters. The maximum absolute atomic E-state index is 13.2. The molecule has 1 aliphatic heterocycles. The molecule has 0 radical (unpaired) electrons. The average Bonchev–Trinajstić information content (AvgIpc) is 2.99. The van der Waals surface area contributed by atoms with Gasteiger partial charge in [0.15, 0.2) is 0 Å². The summed E-state index contributed by atoms with van der Waals surface area (Å²) in [6.07, 6.45) is 4.57. The Labute approximate surface area is 195 Å². The molecule has 1 heterocycles. The van der Waals surface area contributed by atoms with Crippen LogP contribution in [0.4, 0.5) is 5.69 Å². The summed E-state index contributed by atoms with van der Waals surface area (Å²) < 4.78 is 0. The van der Waals surface area contributed by atoms with Crippen molar-refractivity contribution >= 4 is 29.3 Å². The van der Waals surface area contributed by atoms with Gasteiger partial charge in [-0.15, -0.1) is 0 Å². The Bertz CT molecular complexity index is 1050. The van der Waals surface area contributed by atoms with Crippen LogP contribution >= 0.6 is 0 Å². The maximum Gasteiger partial charge on any atom is 0.250 e. The summed E-state index contributed by atoms with van der Waals surface area (Å²) in [5, 5.41) is 9.17. The largest absolute Gasteiger partial charge is 0.396 e. The maximum atomic E-state index is 13.2. The van der Waals surface area contributed by atoms with E-state index >= 15 is 0 Å². The molecule has 174 valence electrons. The van der Waals surface area contributed by atoms with Crippen LogP contribution in [0.15, 0.2) is 53.0 Å². The number of fused-ring (bicyclic) bond motifs is 1. The fourth-order valence-electron chi connectivity index (χ4n) is 3.92. The first kappa shape index (κ1) is 24.4. The smallest absolute Gasteiger partial charge is 0.250 e. The lowest BCUT2D eigenvalue weighted by atomic mass is 9.99. The zero-order valence-electron chi connectivity index (χ0n) is 19.5. The molecule has 2 aromatic carbocycles. The molecule has 2 aromatic rings. The van der Waals surface area contributed by atoms with Gasteiger partial charge in [0.25, 0.3) is 0 Å². The van der Waals surface area contributed by atoms with Gasteiger partial charge in [0.1, 0.15) is 11.6 Å². The number of carbonyl (C=O) groups is 2. The Hall–Kier alpha value is -3.25. The van der Waals surface area contributed by atoms with Gasteiger partial charge in [0, 0.05) is 50.1 Å². The minimum atomic E-state index is -0.0578. The fourth-order valence-corrected chi connectivity index (χ4v) is 3.92. The Morgan fingerprint density at radius 3 is 2.45 bits per heavy atom. The zero-order valence-corrected chi connectivity index (χ0v) is 19.5. The summed E-state index contributed by atoms with van der Waals surface area (Å²) in [5.74, 6) is 0.568. The molecule has 0 saturated carbocycles. The van der Waals surface area contributed by atoms with Gasteiger partial charge in [-0.2, -0.15) is 0 Å². The number of aliphatic hydroxyl groups is 1. The Balaban J connectivity index is 1.87. The highest BCUT2D eigenvalue weighted by atomic mass is 16.3. The van der Waals surface area contributed by atoms with Crippen LogP contribution in [-0.2, 0) is 16.0 Å². The van der Waals surface area contributed by atoms with Crippen molar-refractivity contribution in [2.24, 2.45) is 10.7 Å². The summed E-state index contributed by atoms with van der Waals surface area (Å²) >= 11 is 0. The minimum Gasteiger partial charge on any atom is -0.396 e. The quantitative estimate of drug-likeness (QED) is 0.568. The van der Waals surface area contributed by atoms with E-state index in [1.165, 1.54) is 0 Å². The molecule has 0 saturated heterocycles. The number of nitrogens with zero attached hydrogens (tertiary/aromatic N) is 2. The predicted octanol–water partition coefficient (Wildman–Crippen LogP) is 4.27. The summed E-state index contributed by atoms with van der Waals surface area (Å²) in [6.45, 7) is 5.11. The average molecular weight is 448 g/mol. The van der Waals surface area contributed by atoms with Crippen LogP contribution in [0.5, 0.6) is 0 Å². The van der Waals surface area contributed by atoms with Crippen LogP contribution in [0.1, 0.15) is 50.7 Å². The third-order valence-corrected chi connectivity index (χ3v) is 5.72. The highest BCUT2D eigenvalue weighted by Gasteiger charge is 2.21. The first-order chi connectivity index (χ1) is 15.9. The number of carbonyl (C=O) groups excluding carboxylic acids is 2. The normalized spacial score (nSPS) is 12.9. The van der Waals surface area contributed by atoms with Gasteiger partial charge < -0.3 is 15.7 Å². The van der Waals surface area contributed by atoms with Gasteiger partial charge in [0.05, 0.1) is 5.69 Å². The topological polar surface area (TPSA) is 96.0 Å². The van der Waals surface area contributed by atoms with Crippen LogP contribution in [0.25, 0.3) is 17.2 Å². The molecule has 0 spiro atoms. The van der Waals surface area contributed by atoms with Crippen molar-refractivity contribution in [2.45, 2.75) is 46.0 Å². The van der Waals surface area contributed by atoms with E-state index in [4.69, 9.17) is 5.73 Å². The van der Waals surface area contributed by atoms with E-state index < -0.39 is 0 Å². The molecule has 0 aliphatic carbocycles. The van der Waals surface area contributed by atoms with Gasteiger partial charge in [-0.3, -0.25) is 9.59 Å². The number of amidine groups is 1. The van der Waals surface area contributed by atoms with Crippen molar-refractivity contribution < 1.29 is 14.7 Å². The molecule has 0 fully saturated rings. The molecule has 0 aromatic heterocycles. The van der Waals surface area contributed by atoms with Crippen molar-refractivity contribution in [3.8, 4) is 11.1 Å². The van der Waals surface area contributed by atoms with E-state index in [1.807, 2.05) is 62.4 Å². The van der Waals surface area contributed by atoms with Crippen molar-refractivity contribution in [2.75, 3.05) is 19.7 Å². The van der Waals surface area contributed by atoms with E-state index in [0.29, 0.717) is 50.2 Å². The highest BCUT2D eigenvalue weighted by Crippen LogP contribution is 2.32. The number of nitrogens with two attached hydrogens (primary N) is 1. The second-order valence-corrected chi connectivity index (χ2v) is 8.36. The first-order valence-electron chi connectivity index (χ1n) is 11.6. The fraction of sp³-hybridized carbons (Fsp3) is 0.370. The molecular formula is C27H33N3O3. The number of aliphatic imine (C=N–C) groups is 1. The lowest BCUT2D eigenvalue weighted by Gasteiger charge is -2.23. The lowest BCUT2D eigenvalue weighted by molar-refractivity contribution is -0.127. The monoisotopic (exact) mass is 447 g/mol. The molecule has 3 rings (SSSR count). The zero-order chi connectivity index (χ0) is 23.8. The molecule has 3 N–H and O–H groups in total. The molecule has 6 nitrogen and oxygen atoms in total. The number of benzene rings is 2. The molecule has 6 heteroatoms. The summed E-state index contributed by atoms with van der Waals surface area (Å²) in [6, 6.07) is 13.9. The number of Topliss-reactive ketones (excluding diaryl/α,β-unsaturated/α-hetero) is 1. The number of rotatable bonds is 10. The molecule has 0 atom stereocenters. The van der Waals surface area contributed by atoms with E-state index in [9.17, 15) is 14.7 Å². The van der Waals surface area contributed by atoms with Crippen molar-refractivity contribution in [3.05, 3.63) is 59.2 Å². The van der Waals surface area contributed by atoms with Crippen molar-refractivity contribution in [1.82, 2.24) is 4.90 Å². The van der Waals surface area contributed by atoms with Crippen LogP contribution < -0.4 is 5.73 Å². The minimum absolute atomic E-state index is 0.0532. The number of amides is 1. The predicted molar refractivity (Wildman–Crippen MR) is 133 cm³/mol. The molecule has 1 aliphatic rings. The van der Waals surface area contributed by atoms with Gasteiger partial charge in [-0.1, -0.05) is 50.2 Å². The van der Waals surface area contributed by atoms with Crippen LogP contribution in [-0.4, -0.2) is 47.2 Å².